The molecule has 2 aliphatic heterocycles. The minimum absolute atomic E-state index is 0.480. The number of benzene rings is 1. The molecule has 0 amide bonds. The standard InChI is InChI=1S/C17H25NO/c1-13-8-14(2)10-15(9-13)11-17(19)5-7-18-6-3-4-16(18)12-17/h8-10,16,19H,3-7,11-12H2,1-2H3. The van der Waals surface area contributed by atoms with Gasteiger partial charge in [0.15, 0.2) is 0 Å². The van der Waals surface area contributed by atoms with Gasteiger partial charge in [-0.25, -0.2) is 0 Å². The normalized spacial score (nSPS) is 31.4. The van der Waals surface area contributed by atoms with Gasteiger partial charge in [0.2, 0.25) is 0 Å². The van der Waals surface area contributed by atoms with Crippen LogP contribution in [-0.4, -0.2) is 34.7 Å². The molecule has 2 aliphatic rings. The van der Waals surface area contributed by atoms with Crippen LogP contribution in [0.5, 0.6) is 0 Å². The van der Waals surface area contributed by atoms with E-state index in [4.69, 9.17) is 0 Å². The van der Waals surface area contributed by atoms with Crippen LogP contribution in [0.25, 0.3) is 0 Å². The lowest BCUT2D eigenvalue weighted by Crippen LogP contribution is -2.48. The smallest absolute Gasteiger partial charge is 0.0715 e. The van der Waals surface area contributed by atoms with Crippen LogP contribution in [0, 0.1) is 13.8 Å². The van der Waals surface area contributed by atoms with Gasteiger partial charge in [-0.1, -0.05) is 29.3 Å². The first-order chi connectivity index (χ1) is 9.04. The Hall–Kier alpha value is -0.860. The highest BCUT2D eigenvalue weighted by Crippen LogP contribution is 2.35. The number of rotatable bonds is 2. The molecule has 0 aliphatic carbocycles. The van der Waals surface area contributed by atoms with Gasteiger partial charge in [0.1, 0.15) is 0 Å². The SMILES string of the molecule is Cc1cc(C)cc(CC2(O)CCN3CCCC3C2)c1. The maximum absolute atomic E-state index is 10.9. The van der Waals surface area contributed by atoms with Gasteiger partial charge in [0.25, 0.3) is 0 Å². The van der Waals surface area contributed by atoms with E-state index in [9.17, 15) is 5.11 Å². The first kappa shape index (κ1) is 13.1. The Labute approximate surface area is 116 Å². The fourth-order valence-electron chi connectivity index (χ4n) is 4.02. The summed E-state index contributed by atoms with van der Waals surface area (Å²) in [6.07, 6.45) is 5.29. The Morgan fingerprint density at radius 1 is 1.21 bits per heavy atom. The van der Waals surface area contributed by atoms with Crippen molar-refractivity contribution in [3.63, 3.8) is 0 Å². The minimum atomic E-state index is -0.480. The molecular formula is C17H25NO. The van der Waals surface area contributed by atoms with Gasteiger partial charge >= 0.3 is 0 Å². The quantitative estimate of drug-likeness (QED) is 0.883. The van der Waals surface area contributed by atoms with Crippen molar-refractivity contribution in [2.45, 2.75) is 57.6 Å². The summed E-state index contributed by atoms with van der Waals surface area (Å²) in [5, 5.41) is 10.9. The van der Waals surface area contributed by atoms with E-state index in [1.54, 1.807) is 0 Å². The Morgan fingerprint density at radius 3 is 2.68 bits per heavy atom. The lowest BCUT2D eigenvalue weighted by Gasteiger charge is -2.41. The monoisotopic (exact) mass is 259 g/mol. The van der Waals surface area contributed by atoms with Gasteiger partial charge in [-0.3, -0.25) is 0 Å². The Kier molecular flexibility index (Phi) is 3.40. The summed E-state index contributed by atoms with van der Waals surface area (Å²) in [5.41, 5.74) is 3.42. The number of aryl methyl sites for hydroxylation is 2. The van der Waals surface area contributed by atoms with Crippen LogP contribution in [-0.2, 0) is 6.42 Å². The average Bonchev–Trinajstić information content (AvgIpc) is 2.73. The number of piperidine rings is 1. The van der Waals surface area contributed by atoms with Crippen molar-refractivity contribution in [2.75, 3.05) is 13.1 Å². The molecule has 0 bridgehead atoms. The summed E-state index contributed by atoms with van der Waals surface area (Å²) in [6, 6.07) is 7.29. The molecule has 2 heterocycles. The van der Waals surface area contributed by atoms with E-state index in [-0.39, 0.29) is 0 Å². The summed E-state index contributed by atoms with van der Waals surface area (Å²) in [7, 11) is 0. The van der Waals surface area contributed by atoms with E-state index < -0.39 is 5.60 Å². The minimum Gasteiger partial charge on any atom is -0.389 e. The first-order valence-corrected chi connectivity index (χ1v) is 7.58. The summed E-state index contributed by atoms with van der Waals surface area (Å²) < 4.78 is 0. The predicted molar refractivity (Wildman–Crippen MR) is 78.4 cm³/mol. The molecule has 2 unspecified atom stereocenters. The molecular weight excluding hydrogens is 234 g/mol. The van der Waals surface area contributed by atoms with Crippen molar-refractivity contribution >= 4 is 0 Å². The van der Waals surface area contributed by atoms with Crippen LogP contribution in [0.4, 0.5) is 0 Å². The van der Waals surface area contributed by atoms with E-state index in [1.165, 1.54) is 36.1 Å². The van der Waals surface area contributed by atoms with Crippen molar-refractivity contribution in [1.82, 2.24) is 4.90 Å². The van der Waals surface area contributed by atoms with Gasteiger partial charge in [0, 0.05) is 19.0 Å². The molecule has 104 valence electrons. The number of fused-ring (bicyclic) bond motifs is 1. The van der Waals surface area contributed by atoms with Crippen LogP contribution in [0.3, 0.4) is 0 Å². The zero-order chi connectivity index (χ0) is 13.5. The van der Waals surface area contributed by atoms with Gasteiger partial charge in [0.05, 0.1) is 5.60 Å². The maximum atomic E-state index is 10.9. The molecule has 2 heteroatoms. The van der Waals surface area contributed by atoms with Gasteiger partial charge in [-0.2, -0.15) is 0 Å². The molecule has 2 fully saturated rings. The molecule has 0 aromatic heterocycles. The van der Waals surface area contributed by atoms with Crippen LogP contribution >= 0.6 is 0 Å². The molecule has 1 N–H and O–H groups in total. The Balaban J connectivity index is 1.74. The molecule has 0 radical (unpaired) electrons. The number of hydrogen-bond acceptors (Lipinski definition) is 2. The van der Waals surface area contributed by atoms with E-state index in [1.807, 2.05) is 0 Å². The van der Waals surface area contributed by atoms with Gasteiger partial charge in [-0.05, 0) is 51.6 Å². The molecule has 2 nitrogen and oxygen atoms in total. The summed E-state index contributed by atoms with van der Waals surface area (Å²) in [4.78, 5) is 2.57. The second-order valence-electron chi connectivity index (χ2n) is 6.68. The molecule has 1 aromatic rings. The molecule has 0 saturated carbocycles. The third kappa shape index (κ3) is 2.85. The molecule has 19 heavy (non-hydrogen) atoms. The second-order valence-corrected chi connectivity index (χ2v) is 6.68. The highest BCUT2D eigenvalue weighted by molar-refractivity contribution is 5.29. The third-order valence-electron chi connectivity index (χ3n) is 4.79. The topological polar surface area (TPSA) is 23.5 Å². The van der Waals surface area contributed by atoms with Crippen LogP contribution in [0.1, 0.15) is 42.4 Å². The largest absolute Gasteiger partial charge is 0.389 e. The maximum Gasteiger partial charge on any atom is 0.0715 e. The van der Waals surface area contributed by atoms with Crippen LogP contribution < -0.4 is 0 Å². The van der Waals surface area contributed by atoms with E-state index in [2.05, 4.69) is 36.9 Å². The van der Waals surface area contributed by atoms with E-state index in [0.29, 0.717) is 6.04 Å². The van der Waals surface area contributed by atoms with Crippen molar-refractivity contribution in [3.8, 4) is 0 Å². The van der Waals surface area contributed by atoms with Crippen LogP contribution in [0.15, 0.2) is 18.2 Å². The summed E-state index contributed by atoms with van der Waals surface area (Å²) in [6.45, 7) is 6.59. The van der Waals surface area contributed by atoms with Crippen molar-refractivity contribution in [3.05, 3.63) is 34.9 Å². The van der Waals surface area contributed by atoms with Gasteiger partial charge in [-0.15, -0.1) is 0 Å². The second kappa shape index (κ2) is 4.92. The fraction of sp³-hybridized carbons (Fsp3) is 0.647. The molecule has 1 aromatic carbocycles. The number of hydrogen-bond donors (Lipinski definition) is 1. The molecule has 0 spiro atoms. The van der Waals surface area contributed by atoms with Crippen molar-refractivity contribution in [1.29, 1.82) is 0 Å². The zero-order valence-corrected chi connectivity index (χ0v) is 12.2. The lowest BCUT2D eigenvalue weighted by molar-refractivity contribution is -0.0354. The predicted octanol–water partition coefficient (Wildman–Crippen LogP) is 2.84. The highest BCUT2D eigenvalue weighted by Gasteiger charge is 2.40. The summed E-state index contributed by atoms with van der Waals surface area (Å²) >= 11 is 0. The average molecular weight is 259 g/mol. The summed E-state index contributed by atoms with van der Waals surface area (Å²) in [5.74, 6) is 0. The Bertz CT molecular complexity index is 450. The molecule has 3 rings (SSSR count). The third-order valence-corrected chi connectivity index (χ3v) is 4.79. The lowest BCUT2D eigenvalue weighted by atomic mass is 9.81. The molecule has 2 saturated heterocycles. The van der Waals surface area contributed by atoms with Crippen molar-refractivity contribution in [2.24, 2.45) is 0 Å². The zero-order valence-electron chi connectivity index (χ0n) is 12.2. The first-order valence-electron chi connectivity index (χ1n) is 7.58. The molecule has 2 atom stereocenters. The van der Waals surface area contributed by atoms with Crippen LogP contribution in [0.2, 0.25) is 0 Å². The Morgan fingerprint density at radius 2 is 1.95 bits per heavy atom. The number of aliphatic hydroxyl groups is 1. The van der Waals surface area contributed by atoms with Gasteiger partial charge < -0.3 is 10.0 Å². The fourth-order valence-corrected chi connectivity index (χ4v) is 4.02. The van der Waals surface area contributed by atoms with E-state index >= 15 is 0 Å². The van der Waals surface area contributed by atoms with E-state index in [0.717, 1.165) is 25.8 Å². The number of nitrogens with zero attached hydrogens (tertiary/aromatic N) is 1. The highest BCUT2D eigenvalue weighted by atomic mass is 16.3. The van der Waals surface area contributed by atoms with Crippen molar-refractivity contribution < 1.29 is 5.11 Å².